The van der Waals surface area contributed by atoms with Crippen LogP contribution < -0.4 is 15.8 Å². The van der Waals surface area contributed by atoms with Gasteiger partial charge in [-0.3, -0.25) is 0 Å². The van der Waals surface area contributed by atoms with Gasteiger partial charge in [-0.25, -0.2) is 0 Å². The summed E-state index contributed by atoms with van der Waals surface area (Å²) in [6.07, 6.45) is -3.25. The highest BCUT2D eigenvalue weighted by Gasteiger charge is 2.35. The van der Waals surface area contributed by atoms with E-state index in [4.69, 9.17) is 10.5 Å². The van der Waals surface area contributed by atoms with Crippen molar-refractivity contribution in [3.8, 4) is 5.75 Å². The molecule has 3 N–H and O–H groups in total. The molecule has 0 radical (unpaired) electrons. The van der Waals surface area contributed by atoms with Gasteiger partial charge in [-0.1, -0.05) is 12.1 Å². The maximum Gasteiger partial charge on any atom is 0.451 e. The zero-order valence-electron chi connectivity index (χ0n) is 13.3. The molecule has 0 aliphatic rings. The summed E-state index contributed by atoms with van der Waals surface area (Å²) in [7, 11) is 1.59. The van der Waals surface area contributed by atoms with Crippen molar-refractivity contribution in [3.63, 3.8) is 0 Å². The molecule has 0 saturated heterocycles. The Bertz CT molecular complexity index is 676. The van der Waals surface area contributed by atoms with Crippen LogP contribution >= 0.6 is 0 Å². The highest BCUT2D eigenvalue weighted by atomic mass is 19.4. The predicted molar refractivity (Wildman–Crippen MR) is 83.6 cm³/mol. The Hall–Kier alpha value is -2.58. The third kappa shape index (κ3) is 4.97. The van der Waals surface area contributed by atoms with Gasteiger partial charge in [0.25, 0.3) is 0 Å². The highest BCUT2D eigenvalue weighted by Crippen LogP contribution is 2.27. The summed E-state index contributed by atoms with van der Waals surface area (Å²) < 4.78 is 43.1. The fourth-order valence-corrected chi connectivity index (χ4v) is 2.05. The van der Waals surface area contributed by atoms with Gasteiger partial charge in [0, 0.05) is 6.04 Å². The quantitative estimate of drug-likeness (QED) is 0.840. The Balaban J connectivity index is 1.96. The van der Waals surface area contributed by atoms with E-state index < -0.39 is 17.9 Å². The number of hydrogen-bond acceptors (Lipinski definition) is 6. The Morgan fingerprint density at radius 2 is 1.83 bits per heavy atom. The molecule has 2 rings (SSSR count). The number of nitrogen functional groups attached to an aromatic ring is 1. The van der Waals surface area contributed by atoms with Gasteiger partial charge in [0.2, 0.25) is 17.7 Å². The Morgan fingerprint density at radius 1 is 1.17 bits per heavy atom. The monoisotopic (exact) mass is 341 g/mol. The minimum Gasteiger partial charge on any atom is -0.497 e. The number of rotatable bonds is 6. The summed E-state index contributed by atoms with van der Waals surface area (Å²) in [4.78, 5) is 10.2. The number of benzene rings is 1. The third-order valence-electron chi connectivity index (χ3n) is 3.31. The molecule has 130 valence electrons. The lowest BCUT2D eigenvalue weighted by Crippen LogP contribution is -2.21. The first kappa shape index (κ1) is 17.8. The number of aromatic nitrogens is 3. The smallest absolute Gasteiger partial charge is 0.451 e. The molecule has 0 spiro atoms. The van der Waals surface area contributed by atoms with Gasteiger partial charge in [-0.15, -0.1) is 0 Å². The largest absolute Gasteiger partial charge is 0.497 e. The lowest BCUT2D eigenvalue weighted by atomic mass is 10.1. The zero-order valence-corrected chi connectivity index (χ0v) is 13.3. The first-order valence-electron chi connectivity index (χ1n) is 7.26. The van der Waals surface area contributed by atoms with Crippen LogP contribution in [0.4, 0.5) is 25.1 Å². The van der Waals surface area contributed by atoms with Gasteiger partial charge in [0.1, 0.15) is 5.75 Å². The lowest BCUT2D eigenvalue weighted by molar-refractivity contribution is -0.144. The molecule has 0 amide bonds. The van der Waals surface area contributed by atoms with E-state index in [1.54, 1.807) is 7.11 Å². The summed E-state index contributed by atoms with van der Waals surface area (Å²) in [5.41, 5.74) is 6.40. The van der Waals surface area contributed by atoms with Crippen LogP contribution in [-0.4, -0.2) is 28.1 Å². The van der Waals surface area contributed by atoms with Crippen LogP contribution in [0.25, 0.3) is 0 Å². The molecule has 2 aromatic rings. The molecule has 1 atom stereocenters. The minimum absolute atomic E-state index is 0.144. The number of nitrogens with one attached hydrogen (secondary N) is 1. The van der Waals surface area contributed by atoms with Gasteiger partial charge in [0.05, 0.1) is 7.11 Å². The molecule has 1 heterocycles. The molecule has 6 nitrogen and oxygen atoms in total. The molecule has 1 aromatic carbocycles. The molecule has 1 aromatic heterocycles. The average Bonchev–Trinajstić information content (AvgIpc) is 2.52. The van der Waals surface area contributed by atoms with Crippen molar-refractivity contribution in [1.82, 2.24) is 15.0 Å². The second kappa shape index (κ2) is 7.33. The number of halogens is 3. The van der Waals surface area contributed by atoms with Gasteiger partial charge in [-0.05, 0) is 37.5 Å². The maximum absolute atomic E-state index is 12.7. The SMILES string of the molecule is COc1ccc(CCC(C)Nc2nc(N)nc(C(F)(F)F)n2)cc1. The second-order valence-corrected chi connectivity index (χ2v) is 5.27. The van der Waals surface area contributed by atoms with Crippen LogP contribution in [0, 0.1) is 0 Å². The van der Waals surface area contributed by atoms with Crippen LogP contribution in [0.3, 0.4) is 0 Å². The summed E-state index contributed by atoms with van der Waals surface area (Å²) in [5.74, 6) is -1.19. The van der Waals surface area contributed by atoms with Gasteiger partial charge >= 0.3 is 6.18 Å². The standard InChI is InChI=1S/C15H18F3N5O/c1-9(3-4-10-5-7-11(24-2)8-6-10)20-14-22-12(15(16,17)18)21-13(19)23-14/h5-9H,3-4H2,1-2H3,(H3,19,20,21,22,23). The number of aryl methyl sites for hydroxylation is 1. The first-order chi connectivity index (χ1) is 11.3. The van der Waals surface area contributed by atoms with Crippen LogP contribution in [0.5, 0.6) is 5.75 Å². The van der Waals surface area contributed by atoms with Crippen molar-refractivity contribution >= 4 is 11.9 Å². The molecule has 1 unspecified atom stereocenters. The lowest BCUT2D eigenvalue weighted by Gasteiger charge is -2.15. The average molecular weight is 341 g/mol. The summed E-state index contributed by atoms with van der Waals surface area (Å²) >= 11 is 0. The number of alkyl halides is 3. The van der Waals surface area contributed by atoms with Crippen molar-refractivity contribution in [2.24, 2.45) is 0 Å². The molecule has 0 aliphatic heterocycles. The molecule has 9 heteroatoms. The van der Waals surface area contributed by atoms with Gasteiger partial charge in [-0.2, -0.15) is 28.1 Å². The first-order valence-corrected chi connectivity index (χ1v) is 7.26. The van der Waals surface area contributed by atoms with Crippen LogP contribution in [0.1, 0.15) is 24.7 Å². The molecule has 0 saturated carbocycles. The minimum atomic E-state index is -4.67. The van der Waals surface area contributed by atoms with Gasteiger partial charge < -0.3 is 15.8 Å². The molecule has 24 heavy (non-hydrogen) atoms. The topological polar surface area (TPSA) is 86.0 Å². The van der Waals surface area contributed by atoms with Crippen molar-refractivity contribution in [3.05, 3.63) is 35.7 Å². The van der Waals surface area contributed by atoms with Crippen LogP contribution in [-0.2, 0) is 12.6 Å². The molecular weight excluding hydrogens is 323 g/mol. The van der Waals surface area contributed by atoms with Crippen molar-refractivity contribution in [2.75, 3.05) is 18.2 Å². The van der Waals surface area contributed by atoms with E-state index in [0.29, 0.717) is 6.42 Å². The number of methoxy groups -OCH3 is 1. The fourth-order valence-electron chi connectivity index (χ4n) is 2.05. The summed E-state index contributed by atoms with van der Waals surface area (Å²) in [5, 5.41) is 2.82. The third-order valence-corrected chi connectivity index (χ3v) is 3.31. The van der Waals surface area contributed by atoms with E-state index in [-0.39, 0.29) is 12.0 Å². The van der Waals surface area contributed by atoms with E-state index in [0.717, 1.165) is 17.7 Å². The van der Waals surface area contributed by atoms with E-state index in [9.17, 15) is 13.2 Å². The van der Waals surface area contributed by atoms with E-state index in [1.807, 2.05) is 31.2 Å². The highest BCUT2D eigenvalue weighted by molar-refractivity contribution is 5.33. The number of hydrogen-bond donors (Lipinski definition) is 2. The van der Waals surface area contributed by atoms with E-state index in [1.165, 1.54) is 0 Å². The molecule has 0 fully saturated rings. The number of nitrogens with zero attached hydrogens (tertiary/aromatic N) is 3. The summed E-state index contributed by atoms with van der Waals surface area (Å²) in [6.45, 7) is 1.83. The number of anilines is 2. The summed E-state index contributed by atoms with van der Waals surface area (Å²) in [6, 6.07) is 7.45. The maximum atomic E-state index is 12.7. The second-order valence-electron chi connectivity index (χ2n) is 5.27. The Kier molecular flexibility index (Phi) is 5.42. The fraction of sp³-hybridized carbons (Fsp3) is 0.400. The normalized spacial score (nSPS) is 12.7. The molecule has 0 aliphatic carbocycles. The van der Waals surface area contributed by atoms with Crippen molar-refractivity contribution in [2.45, 2.75) is 32.0 Å². The number of ether oxygens (including phenoxy) is 1. The number of nitrogens with two attached hydrogens (primary N) is 1. The van der Waals surface area contributed by atoms with E-state index in [2.05, 4.69) is 20.3 Å². The van der Waals surface area contributed by atoms with Crippen molar-refractivity contribution < 1.29 is 17.9 Å². The van der Waals surface area contributed by atoms with Gasteiger partial charge in [0.15, 0.2) is 0 Å². The van der Waals surface area contributed by atoms with Crippen molar-refractivity contribution in [1.29, 1.82) is 0 Å². The predicted octanol–water partition coefficient (Wildman–Crippen LogP) is 2.91. The van der Waals surface area contributed by atoms with Crippen LogP contribution in [0.2, 0.25) is 0 Å². The van der Waals surface area contributed by atoms with Crippen LogP contribution in [0.15, 0.2) is 24.3 Å². The van der Waals surface area contributed by atoms with E-state index >= 15 is 0 Å². The Morgan fingerprint density at radius 3 is 2.42 bits per heavy atom. The zero-order chi connectivity index (χ0) is 17.7. The molecule has 0 bridgehead atoms. The molecular formula is C15H18F3N5O. The Labute approximate surface area is 137 Å².